The van der Waals surface area contributed by atoms with Gasteiger partial charge in [-0.3, -0.25) is 4.98 Å². The topological polar surface area (TPSA) is 58.0 Å². The Morgan fingerprint density at radius 1 is 1.20 bits per heavy atom. The normalized spacial score (nSPS) is 12.7. The summed E-state index contributed by atoms with van der Waals surface area (Å²) in [6.07, 6.45) is 0. The molecule has 102 valence electrons. The monoisotopic (exact) mass is 272 g/mol. The lowest BCUT2D eigenvalue weighted by atomic mass is 9.98. The zero-order chi connectivity index (χ0) is 14.1. The van der Waals surface area contributed by atoms with E-state index in [1.807, 2.05) is 12.1 Å². The van der Waals surface area contributed by atoms with Crippen LogP contribution in [0.1, 0.15) is 17.2 Å². The van der Waals surface area contributed by atoms with Crippen molar-refractivity contribution in [2.45, 2.75) is 6.04 Å². The summed E-state index contributed by atoms with van der Waals surface area (Å²) in [5.41, 5.74) is 2.84. The third-order valence-electron chi connectivity index (χ3n) is 3.25. The summed E-state index contributed by atoms with van der Waals surface area (Å²) in [5.74, 6) is -0.763. The van der Waals surface area contributed by atoms with Crippen molar-refractivity contribution in [1.82, 2.24) is 10.3 Å². The van der Waals surface area contributed by atoms with Gasteiger partial charge in [-0.15, -0.1) is 0 Å². The molecule has 0 saturated heterocycles. The highest BCUT2D eigenvalue weighted by atomic mass is 19.1. The fourth-order valence-corrected chi connectivity index (χ4v) is 2.35. The summed E-state index contributed by atoms with van der Waals surface area (Å²) < 4.78 is 18.4. The van der Waals surface area contributed by atoms with E-state index in [0.29, 0.717) is 11.1 Å². The molecule has 2 N–H and O–H groups in total. The van der Waals surface area contributed by atoms with Gasteiger partial charge in [-0.2, -0.15) is 0 Å². The lowest BCUT2D eigenvalue weighted by molar-refractivity contribution is 0.554. The minimum Gasteiger partial charge on any atom is -0.408 e. The van der Waals surface area contributed by atoms with E-state index in [9.17, 15) is 9.18 Å². The molecule has 20 heavy (non-hydrogen) atoms. The molecule has 0 amide bonds. The molecule has 3 rings (SSSR count). The molecule has 1 atom stereocenters. The molecule has 0 bridgehead atoms. The summed E-state index contributed by atoms with van der Waals surface area (Å²) in [4.78, 5) is 13.8. The van der Waals surface area contributed by atoms with E-state index in [1.54, 1.807) is 25.2 Å². The van der Waals surface area contributed by atoms with E-state index in [0.717, 1.165) is 11.1 Å². The number of benzene rings is 2. The van der Waals surface area contributed by atoms with Crippen molar-refractivity contribution in [3.8, 4) is 0 Å². The van der Waals surface area contributed by atoms with Crippen LogP contribution < -0.4 is 11.1 Å². The number of rotatable bonds is 3. The third-order valence-corrected chi connectivity index (χ3v) is 3.25. The smallest absolute Gasteiger partial charge is 0.408 e. The number of nitrogens with one attached hydrogen (secondary N) is 2. The highest BCUT2D eigenvalue weighted by Crippen LogP contribution is 2.24. The van der Waals surface area contributed by atoms with Crippen molar-refractivity contribution in [1.29, 1.82) is 0 Å². The van der Waals surface area contributed by atoms with Crippen molar-refractivity contribution in [2.24, 2.45) is 0 Å². The average molecular weight is 272 g/mol. The minimum atomic E-state index is -0.482. The predicted molar refractivity (Wildman–Crippen MR) is 74.1 cm³/mol. The minimum absolute atomic E-state index is 0.171. The average Bonchev–Trinajstić information content (AvgIpc) is 2.79. The molecule has 1 aromatic heterocycles. The lowest BCUT2D eigenvalue weighted by Crippen LogP contribution is -2.17. The second-order valence-electron chi connectivity index (χ2n) is 4.55. The van der Waals surface area contributed by atoms with E-state index in [1.165, 1.54) is 12.1 Å². The summed E-state index contributed by atoms with van der Waals surface area (Å²) in [7, 11) is 1.80. The Morgan fingerprint density at radius 3 is 2.75 bits per heavy atom. The first-order valence-electron chi connectivity index (χ1n) is 6.23. The van der Waals surface area contributed by atoms with E-state index in [-0.39, 0.29) is 11.9 Å². The first-order chi connectivity index (χ1) is 9.67. The van der Waals surface area contributed by atoms with Crippen molar-refractivity contribution >= 4 is 11.1 Å². The van der Waals surface area contributed by atoms with Gasteiger partial charge < -0.3 is 9.73 Å². The molecule has 0 spiro atoms. The summed E-state index contributed by atoms with van der Waals surface area (Å²) >= 11 is 0. The Bertz CT molecular complexity index is 807. The molecule has 0 fully saturated rings. The zero-order valence-corrected chi connectivity index (χ0v) is 10.8. The van der Waals surface area contributed by atoms with E-state index < -0.39 is 5.76 Å². The molecule has 0 aliphatic rings. The predicted octanol–water partition coefficient (Wildman–Crippen LogP) is 2.57. The maximum atomic E-state index is 13.3. The number of oxazole rings is 1. The zero-order valence-electron chi connectivity index (χ0n) is 10.8. The molecular formula is C15H13FN2O2. The van der Waals surface area contributed by atoms with Crippen LogP contribution in [-0.2, 0) is 0 Å². The van der Waals surface area contributed by atoms with Crippen LogP contribution in [0, 0.1) is 5.82 Å². The number of fused-ring (bicyclic) bond motifs is 1. The molecule has 0 radical (unpaired) electrons. The Balaban J connectivity index is 2.08. The van der Waals surface area contributed by atoms with Gasteiger partial charge in [-0.25, -0.2) is 9.18 Å². The highest BCUT2D eigenvalue weighted by Gasteiger charge is 2.14. The van der Waals surface area contributed by atoms with Gasteiger partial charge in [0, 0.05) is 0 Å². The fourth-order valence-electron chi connectivity index (χ4n) is 2.35. The van der Waals surface area contributed by atoms with Crippen LogP contribution in [0.2, 0.25) is 0 Å². The van der Waals surface area contributed by atoms with E-state index >= 15 is 0 Å². The molecule has 2 aromatic carbocycles. The van der Waals surface area contributed by atoms with Crippen LogP contribution in [-0.4, -0.2) is 12.0 Å². The molecule has 1 heterocycles. The molecular weight excluding hydrogens is 259 g/mol. The van der Waals surface area contributed by atoms with Gasteiger partial charge in [-0.05, 0) is 42.4 Å². The summed E-state index contributed by atoms with van der Waals surface area (Å²) in [5, 5.41) is 3.14. The van der Waals surface area contributed by atoms with Gasteiger partial charge in [0.1, 0.15) is 5.82 Å². The number of aromatic amines is 1. The second-order valence-corrected chi connectivity index (χ2v) is 4.55. The van der Waals surface area contributed by atoms with Gasteiger partial charge in [0.15, 0.2) is 5.58 Å². The number of halogens is 1. The molecule has 3 aromatic rings. The Morgan fingerprint density at radius 2 is 2.00 bits per heavy atom. The van der Waals surface area contributed by atoms with E-state index in [2.05, 4.69) is 10.3 Å². The Hall–Kier alpha value is -2.40. The third kappa shape index (κ3) is 2.23. The second kappa shape index (κ2) is 4.94. The van der Waals surface area contributed by atoms with Crippen LogP contribution in [0.25, 0.3) is 11.1 Å². The first kappa shape index (κ1) is 12.6. The molecule has 1 unspecified atom stereocenters. The largest absolute Gasteiger partial charge is 0.417 e. The van der Waals surface area contributed by atoms with Gasteiger partial charge >= 0.3 is 5.76 Å². The SMILES string of the molecule is CNC(c1cccc(F)c1)c1ccc2[nH]c(=O)oc2c1. The van der Waals surface area contributed by atoms with Gasteiger partial charge in [0.25, 0.3) is 0 Å². The summed E-state index contributed by atoms with van der Waals surface area (Å²) in [6.45, 7) is 0. The number of hydrogen-bond acceptors (Lipinski definition) is 3. The van der Waals surface area contributed by atoms with Gasteiger partial charge in [0.05, 0.1) is 11.6 Å². The quantitative estimate of drug-likeness (QED) is 0.770. The van der Waals surface area contributed by atoms with Crippen LogP contribution in [0.4, 0.5) is 4.39 Å². The Labute approximate surface area is 114 Å². The molecule has 0 saturated carbocycles. The van der Waals surface area contributed by atoms with E-state index in [4.69, 9.17) is 4.42 Å². The van der Waals surface area contributed by atoms with Crippen molar-refractivity contribution in [3.63, 3.8) is 0 Å². The molecule has 4 nitrogen and oxygen atoms in total. The van der Waals surface area contributed by atoms with Gasteiger partial charge in [0.2, 0.25) is 0 Å². The number of aromatic nitrogens is 1. The number of H-pyrrole nitrogens is 1. The molecule has 5 heteroatoms. The van der Waals surface area contributed by atoms with Crippen LogP contribution in [0.3, 0.4) is 0 Å². The standard InChI is InChI=1S/C15H13FN2O2/c1-17-14(9-3-2-4-11(16)7-9)10-5-6-12-13(8-10)20-15(19)18-12/h2-8,14,17H,1H3,(H,18,19). The lowest BCUT2D eigenvalue weighted by Gasteiger charge is -2.17. The van der Waals surface area contributed by atoms with Crippen LogP contribution in [0.15, 0.2) is 51.7 Å². The highest BCUT2D eigenvalue weighted by molar-refractivity contribution is 5.73. The maximum absolute atomic E-state index is 13.3. The maximum Gasteiger partial charge on any atom is 0.417 e. The first-order valence-corrected chi connectivity index (χ1v) is 6.23. The van der Waals surface area contributed by atoms with Crippen molar-refractivity contribution in [2.75, 3.05) is 7.05 Å². The molecule has 0 aliphatic heterocycles. The fraction of sp³-hybridized carbons (Fsp3) is 0.133. The Kier molecular flexibility index (Phi) is 3.12. The van der Waals surface area contributed by atoms with Crippen LogP contribution in [0.5, 0.6) is 0 Å². The number of hydrogen-bond donors (Lipinski definition) is 2. The van der Waals surface area contributed by atoms with Crippen molar-refractivity contribution in [3.05, 3.63) is 70.0 Å². The van der Waals surface area contributed by atoms with Crippen molar-refractivity contribution < 1.29 is 8.81 Å². The van der Waals surface area contributed by atoms with Gasteiger partial charge in [-0.1, -0.05) is 18.2 Å². The molecule has 0 aliphatic carbocycles. The summed E-state index contributed by atoms with van der Waals surface area (Å²) in [6, 6.07) is 11.7. The van der Waals surface area contributed by atoms with Crippen LogP contribution >= 0.6 is 0 Å².